The number of halogens is 1. The highest BCUT2D eigenvalue weighted by Crippen LogP contribution is 2.24. The van der Waals surface area contributed by atoms with Gasteiger partial charge < -0.3 is 16.0 Å². The number of nitrogens with one attached hydrogen (secondary N) is 3. The van der Waals surface area contributed by atoms with Gasteiger partial charge in [-0.25, -0.2) is 0 Å². The number of piperidine rings is 1. The first kappa shape index (κ1) is 24.5. The van der Waals surface area contributed by atoms with E-state index < -0.39 is 0 Å². The number of nitrogens with zero attached hydrogens (tertiary/aromatic N) is 2. The van der Waals surface area contributed by atoms with Gasteiger partial charge in [-0.2, -0.15) is 0 Å². The number of carbonyl (C=O) groups excluding carboxylic acids is 1. The number of hydrogen-bond donors (Lipinski definition) is 3. The Morgan fingerprint density at radius 3 is 2.63 bits per heavy atom. The monoisotopic (exact) mass is 493 g/mol. The molecule has 0 bridgehead atoms. The second-order valence-electron chi connectivity index (χ2n) is 8.10. The Labute approximate surface area is 182 Å². The molecule has 0 aromatic heterocycles. The van der Waals surface area contributed by atoms with Crippen molar-refractivity contribution in [3.63, 3.8) is 0 Å². The van der Waals surface area contributed by atoms with Crippen molar-refractivity contribution < 1.29 is 4.79 Å². The summed E-state index contributed by atoms with van der Waals surface area (Å²) >= 11 is 0. The normalized spacial score (nSPS) is 27.0. The summed E-state index contributed by atoms with van der Waals surface area (Å²) in [6, 6.07) is 1.14. The fraction of sp³-hybridized carbons (Fsp3) is 0.900. The minimum atomic E-state index is 0. The van der Waals surface area contributed by atoms with Crippen LogP contribution in [0.2, 0.25) is 0 Å². The number of amides is 1. The molecule has 0 aromatic rings. The van der Waals surface area contributed by atoms with Crippen molar-refractivity contribution >= 4 is 35.8 Å². The third kappa shape index (κ3) is 8.13. The van der Waals surface area contributed by atoms with E-state index >= 15 is 0 Å². The van der Waals surface area contributed by atoms with Gasteiger partial charge in [0.15, 0.2) is 5.96 Å². The van der Waals surface area contributed by atoms with Gasteiger partial charge in [0.1, 0.15) is 0 Å². The highest BCUT2D eigenvalue weighted by Gasteiger charge is 2.28. The number of carbonyl (C=O) groups is 1. The summed E-state index contributed by atoms with van der Waals surface area (Å²) in [5, 5.41) is 10.1. The summed E-state index contributed by atoms with van der Waals surface area (Å²) in [6.45, 7) is 9.56. The van der Waals surface area contributed by atoms with Crippen LogP contribution >= 0.6 is 24.0 Å². The lowest BCUT2D eigenvalue weighted by Crippen LogP contribution is -2.51. The van der Waals surface area contributed by atoms with Crippen molar-refractivity contribution in [1.29, 1.82) is 0 Å². The predicted molar refractivity (Wildman–Crippen MR) is 124 cm³/mol. The summed E-state index contributed by atoms with van der Waals surface area (Å²) in [5.74, 6) is 1.20. The lowest BCUT2D eigenvalue weighted by molar-refractivity contribution is -0.126. The maximum absolute atomic E-state index is 12.3. The zero-order valence-electron chi connectivity index (χ0n) is 17.6. The lowest BCUT2D eigenvalue weighted by atomic mass is 9.85. The molecule has 1 aliphatic heterocycles. The van der Waals surface area contributed by atoms with Gasteiger partial charge in [0, 0.05) is 37.6 Å². The third-order valence-corrected chi connectivity index (χ3v) is 5.70. The maximum atomic E-state index is 12.3. The van der Waals surface area contributed by atoms with Crippen molar-refractivity contribution in [1.82, 2.24) is 20.9 Å². The number of likely N-dealkylation sites (tertiary alicyclic amines) is 1. The van der Waals surface area contributed by atoms with Gasteiger partial charge in [-0.05, 0) is 59.0 Å². The summed E-state index contributed by atoms with van der Waals surface area (Å²) in [4.78, 5) is 19.3. The second kappa shape index (κ2) is 12.8. The van der Waals surface area contributed by atoms with E-state index in [2.05, 4.69) is 32.8 Å². The number of rotatable bonds is 6. The zero-order valence-corrected chi connectivity index (χ0v) is 19.9. The molecule has 3 unspecified atom stereocenters. The minimum Gasteiger partial charge on any atom is -0.355 e. The van der Waals surface area contributed by atoms with Gasteiger partial charge >= 0.3 is 0 Å². The Hall–Kier alpha value is -0.570. The Morgan fingerprint density at radius 1 is 1.19 bits per heavy atom. The minimum absolute atomic E-state index is 0. The van der Waals surface area contributed by atoms with Crippen LogP contribution < -0.4 is 16.0 Å². The molecule has 3 atom stereocenters. The number of guanidine groups is 1. The van der Waals surface area contributed by atoms with Crippen LogP contribution in [0.3, 0.4) is 0 Å². The summed E-state index contributed by atoms with van der Waals surface area (Å²) < 4.78 is 0. The van der Waals surface area contributed by atoms with E-state index in [4.69, 9.17) is 0 Å². The van der Waals surface area contributed by atoms with Gasteiger partial charge in [-0.15, -0.1) is 24.0 Å². The molecule has 1 saturated heterocycles. The molecule has 2 rings (SSSR count). The first-order chi connectivity index (χ1) is 12.5. The first-order valence-corrected chi connectivity index (χ1v) is 10.5. The SMILES string of the molecule is CCN1CCCCC1CNC(=NC)NC1CCCC(C(=O)NC(C)C)C1.I. The molecule has 6 nitrogen and oxygen atoms in total. The van der Waals surface area contributed by atoms with Crippen LogP contribution in [0.5, 0.6) is 0 Å². The highest BCUT2D eigenvalue weighted by atomic mass is 127. The largest absolute Gasteiger partial charge is 0.355 e. The van der Waals surface area contributed by atoms with Crippen LogP contribution in [0.15, 0.2) is 4.99 Å². The topological polar surface area (TPSA) is 68.8 Å². The highest BCUT2D eigenvalue weighted by molar-refractivity contribution is 14.0. The van der Waals surface area contributed by atoms with Gasteiger partial charge in [0.05, 0.1) is 0 Å². The standard InChI is InChI=1S/C20H39N5O.HI/c1-5-25-12-7-6-11-18(25)14-22-20(21-4)24-17-10-8-9-16(13-17)19(26)23-15(2)3;/h15-18H,5-14H2,1-4H3,(H,23,26)(H2,21,22,24);1H. The molecule has 27 heavy (non-hydrogen) atoms. The van der Waals surface area contributed by atoms with Crippen LogP contribution in [0.1, 0.15) is 65.7 Å². The molecule has 0 radical (unpaired) electrons. The van der Waals surface area contributed by atoms with Gasteiger partial charge in [0.2, 0.25) is 5.91 Å². The van der Waals surface area contributed by atoms with E-state index in [1.807, 2.05) is 20.9 Å². The fourth-order valence-corrected chi connectivity index (χ4v) is 4.27. The molecule has 7 heteroatoms. The molecular weight excluding hydrogens is 453 g/mol. The van der Waals surface area contributed by atoms with Gasteiger partial charge in [-0.1, -0.05) is 19.8 Å². The van der Waals surface area contributed by atoms with Crippen molar-refractivity contribution in [2.75, 3.05) is 26.7 Å². The van der Waals surface area contributed by atoms with Crippen molar-refractivity contribution in [3.05, 3.63) is 0 Å². The Morgan fingerprint density at radius 2 is 1.96 bits per heavy atom. The molecule has 3 N–H and O–H groups in total. The van der Waals surface area contributed by atoms with Crippen molar-refractivity contribution in [3.8, 4) is 0 Å². The van der Waals surface area contributed by atoms with Gasteiger partial charge in [0.25, 0.3) is 0 Å². The predicted octanol–water partition coefficient (Wildman–Crippen LogP) is 2.73. The molecule has 0 spiro atoms. The summed E-state index contributed by atoms with van der Waals surface area (Å²) in [6.07, 6.45) is 8.00. The fourth-order valence-electron chi connectivity index (χ4n) is 4.27. The molecule has 1 saturated carbocycles. The first-order valence-electron chi connectivity index (χ1n) is 10.5. The molecule has 0 aromatic carbocycles. The Bertz CT molecular complexity index is 471. The molecule has 1 aliphatic carbocycles. The zero-order chi connectivity index (χ0) is 18.9. The molecular formula is C20H40IN5O. The van der Waals surface area contributed by atoms with Crippen LogP contribution in [0, 0.1) is 5.92 Å². The average molecular weight is 493 g/mol. The van der Waals surface area contributed by atoms with Crippen LogP contribution in [0.25, 0.3) is 0 Å². The summed E-state index contributed by atoms with van der Waals surface area (Å²) in [7, 11) is 1.83. The van der Waals surface area contributed by atoms with Crippen LogP contribution in [-0.2, 0) is 4.79 Å². The van der Waals surface area contributed by atoms with Crippen LogP contribution in [-0.4, -0.2) is 61.6 Å². The Kier molecular flexibility index (Phi) is 11.6. The number of likely N-dealkylation sites (N-methyl/N-ethyl adjacent to an activating group) is 1. The van der Waals surface area contributed by atoms with Crippen molar-refractivity contribution in [2.24, 2.45) is 10.9 Å². The van der Waals surface area contributed by atoms with E-state index in [1.54, 1.807) is 0 Å². The van der Waals surface area contributed by atoms with E-state index in [-0.39, 0.29) is 41.8 Å². The van der Waals surface area contributed by atoms with Crippen LogP contribution in [0.4, 0.5) is 0 Å². The average Bonchev–Trinajstić information content (AvgIpc) is 2.65. The molecule has 158 valence electrons. The quantitative estimate of drug-likeness (QED) is 0.303. The van der Waals surface area contributed by atoms with Gasteiger partial charge in [-0.3, -0.25) is 14.7 Å². The maximum Gasteiger partial charge on any atom is 0.223 e. The van der Waals surface area contributed by atoms with E-state index in [1.165, 1.54) is 25.8 Å². The molecule has 2 aliphatic rings. The molecule has 1 heterocycles. The Balaban J connectivity index is 0.00000364. The number of hydrogen-bond acceptors (Lipinski definition) is 3. The van der Waals surface area contributed by atoms with Crippen molar-refractivity contribution in [2.45, 2.75) is 83.8 Å². The molecule has 2 fully saturated rings. The molecule has 1 amide bonds. The summed E-state index contributed by atoms with van der Waals surface area (Å²) in [5.41, 5.74) is 0. The lowest BCUT2D eigenvalue weighted by Gasteiger charge is -2.36. The van der Waals surface area contributed by atoms with E-state index in [0.717, 1.165) is 44.7 Å². The van der Waals surface area contributed by atoms with E-state index in [9.17, 15) is 4.79 Å². The second-order valence-corrected chi connectivity index (χ2v) is 8.10. The number of aliphatic imine (C=N–C) groups is 1. The van der Waals surface area contributed by atoms with E-state index in [0.29, 0.717) is 12.1 Å². The third-order valence-electron chi connectivity index (χ3n) is 5.70. The smallest absolute Gasteiger partial charge is 0.223 e.